The molecule has 0 saturated heterocycles. The molecule has 5 rings (SSSR count). The van der Waals surface area contributed by atoms with Gasteiger partial charge in [-0.15, -0.1) is 11.3 Å². The molecule has 0 fully saturated rings. The molecule has 1 N–H and O–H groups in total. The molecule has 0 saturated carbocycles. The zero-order chi connectivity index (χ0) is 23.5. The summed E-state index contributed by atoms with van der Waals surface area (Å²) < 4.78 is 5.51. The molecule has 0 aliphatic carbocycles. The third-order valence-corrected chi connectivity index (χ3v) is 6.92. The quantitative estimate of drug-likeness (QED) is 0.320. The van der Waals surface area contributed by atoms with Gasteiger partial charge in [-0.3, -0.25) is 4.79 Å². The van der Waals surface area contributed by atoms with Crippen LogP contribution in [-0.4, -0.2) is 15.9 Å². The summed E-state index contributed by atoms with van der Waals surface area (Å²) in [6.07, 6.45) is 0. The van der Waals surface area contributed by atoms with E-state index in [2.05, 4.69) is 4.98 Å². The predicted molar refractivity (Wildman–Crippen MR) is 134 cm³/mol. The van der Waals surface area contributed by atoms with Crippen molar-refractivity contribution in [3.8, 4) is 0 Å². The lowest BCUT2D eigenvalue weighted by Crippen LogP contribution is -2.16. The van der Waals surface area contributed by atoms with Crippen LogP contribution in [0.2, 0.25) is 0 Å². The number of nitrogens with zero attached hydrogens (tertiary/aromatic N) is 1. The van der Waals surface area contributed by atoms with E-state index < -0.39 is 5.97 Å². The molecule has 5 nitrogen and oxygen atoms in total. The van der Waals surface area contributed by atoms with Gasteiger partial charge in [-0.1, -0.05) is 91.0 Å². The summed E-state index contributed by atoms with van der Waals surface area (Å²) >= 11 is 1.20. The van der Waals surface area contributed by atoms with Gasteiger partial charge in [0.05, 0.1) is 11.3 Å². The number of aryl methyl sites for hydroxylation is 1. The number of carbonyl (C=O) groups excluding carboxylic acids is 1. The van der Waals surface area contributed by atoms with Crippen molar-refractivity contribution in [2.24, 2.45) is 0 Å². The van der Waals surface area contributed by atoms with Crippen LogP contribution >= 0.6 is 11.3 Å². The minimum atomic E-state index is -0.451. The van der Waals surface area contributed by atoms with Crippen LogP contribution in [0.3, 0.4) is 0 Å². The molecular weight excluding hydrogens is 444 g/mol. The van der Waals surface area contributed by atoms with Crippen LogP contribution in [0.25, 0.3) is 10.2 Å². The van der Waals surface area contributed by atoms with Crippen LogP contribution in [0.15, 0.2) is 95.8 Å². The van der Waals surface area contributed by atoms with Gasteiger partial charge >= 0.3 is 5.97 Å². The third-order valence-electron chi connectivity index (χ3n) is 5.76. The maximum Gasteiger partial charge on any atom is 0.349 e. The molecule has 0 aliphatic rings. The molecule has 0 aliphatic heterocycles. The van der Waals surface area contributed by atoms with E-state index in [9.17, 15) is 9.59 Å². The van der Waals surface area contributed by atoms with Crippen molar-refractivity contribution in [3.05, 3.63) is 134 Å². The molecule has 0 spiro atoms. The highest BCUT2D eigenvalue weighted by Crippen LogP contribution is 2.33. The highest BCUT2D eigenvalue weighted by molar-refractivity contribution is 7.20. The van der Waals surface area contributed by atoms with Crippen LogP contribution in [0.4, 0.5) is 0 Å². The van der Waals surface area contributed by atoms with Gasteiger partial charge in [-0.05, 0) is 29.2 Å². The number of hydrogen-bond acceptors (Lipinski definition) is 5. The van der Waals surface area contributed by atoms with Crippen molar-refractivity contribution in [1.82, 2.24) is 9.97 Å². The molecule has 0 atom stereocenters. The molecule has 3 aromatic carbocycles. The van der Waals surface area contributed by atoms with Crippen molar-refractivity contribution in [2.45, 2.75) is 19.4 Å². The predicted octanol–water partition coefficient (Wildman–Crippen LogP) is 5.83. The Labute approximate surface area is 200 Å². The molecule has 2 aromatic heterocycles. The molecule has 0 unspecified atom stereocenters. The smallest absolute Gasteiger partial charge is 0.349 e. The van der Waals surface area contributed by atoms with Crippen LogP contribution in [-0.2, 0) is 11.3 Å². The van der Waals surface area contributed by atoms with E-state index in [0.29, 0.717) is 26.5 Å². The first-order valence-corrected chi connectivity index (χ1v) is 11.8. The second-order valence-electron chi connectivity index (χ2n) is 8.00. The van der Waals surface area contributed by atoms with E-state index in [0.717, 1.165) is 16.7 Å². The Bertz CT molecular complexity index is 1450. The number of nitrogens with one attached hydrogen (secondary N) is 1. The Balaban J connectivity index is 1.55. The molecule has 0 bridgehead atoms. The fraction of sp³-hybridized carbons (Fsp3) is 0.107. The summed E-state index contributed by atoms with van der Waals surface area (Å²) in [5, 5.41) is 0.431. The van der Waals surface area contributed by atoms with Crippen molar-refractivity contribution in [3.63, 3.8) is 0 Å². The second-order valence-corrected chi connectivity index (χ2v) is 9.00. The molecule has 34 heavy (non-hydrogen) atoms. The monoisotopic (exact) mass is 466 g/mol. The Morgan fingerprint density at radius 3 is 2.06 bits per heavy atom. The molecule has 0 radical (unpaired) electrons. The van der Waals surface area contributed by atoms with Crippen LogP contribution in [0, 0.1) is 6.92 Å². The topological polar surface area (TPSA) is 72.0 Å². The minimum Gasteiger partial charge on any atom is -0.457 e. The SMILES string of the molecule is Cc1c(C(=O)OCc2ccccc2)sc2nc(C(c3ccccc3)c3ccccc3)[nH]c(=O)c12. The summed E-state index contributed by atoms with van der Waals surface area (Å²) in [5.74, 6) is -0.149. The third kappa shape index (κ3) is 4.28. The van der Waals surface area contributed by atoms with E-state index in [1.54, 1.807) is 6.92 Å². The minimum absolute atomic E-state index is 0.173. The molecule has 2 heterocycles. The maximum atomic E-state index is 13.2. The van der Waals surface area contributed by atoms with Crippen molar-refractivity contribution in [2.75, 3.05) is 0 Å². The summed E-state index contributed by atoms with van der Waals surface area (Å²) in [7, 11) is 0. The first kappa shape index (κ1) is 21.8. The number of carbonyl (C=O) groups is 1. The highest BCUT2D eigenvalue weighted by Gasteiger charge is 2.24. The normalized spacial score (nSPS) is 11.1. The first-order valence-electron chi connectivity index (χ1n) is 11.0. The molecule has 6 heteroatoms. The Morgan fingerprint density at radius 1 is 0.912 bits per heavy atom. The summed E-state index contributed by atoms with van der Waals surface area (Å²) in [6, 6.07) is 29.4. The van der Waals surface area contributed by atoms with Crippen molar-refractivity contribution >= 4 is 27.5 Å². The summed E-state index contributed by atoms with van der Waals surface area (Å²) in [4.78, 5) is 34.7. The van der Waals surface area contributed by atoms with Crippen LogP contribution < -0.4 is 5.56 Å². The lowest BCUT2D eigenvalue weighted by atomic mass is 9.90. The van der Waals surface area contributed by atoms with E-state index >= 15 is 0 Å². The Hall–Kier alpha value is -4.03. The van der Waals surface area contributed by atoms with E-state index in [1.807, 2.05) is 91.0 Å². The number of rotatable bonds is 6. The number of fused-ring (bicyclic) bond motifs is 1. The van der Waals surface area contributed by atoms with Gasteiger partial charge in [0.25, 0.3) is 5.56 Å². The van der Waals surface area contributed by atoms with Gasteiger partial charge in [0, 0.05) is 0 Å². The van der Waals surface area contributed by atoms with Crippen LogP contribution in [0.1, 0.15) is 43.7 Å². The average molecular weight is 467 g/mol. The van der Waals surface area contributed by atoms with Crippen molar-refractivity contribution in [1.29, 1.82) is 0 Å². The number of benzene rings is 3. The van der Waals surface area contributed by atoms with Gasteiger partial charge in [-0.25, -0.2) is 9.78 Å². The fourth-order valence-electron chi connectivity index (χ4n) is 4.08. The van der Waals surface area contributed by atoms with Gasteiger partial charge in [0.15, 0.2) is 0 Å². The molecule has 0 amide bonds. The van der Waals surface area contributed by atoms with E-state index in [1.165, 1.54) is 11.3 Å². The van der Waals surface area contributed by atoms with Gasteiger partial charge in [0.2, 0.25) is 0 Å². The van der Waals surface area contributed by atoms with Gasteiger partial charge in [0.1, 0.15) is 22.1 Å². The zero-order valence-corrected chi connectivity index (χ0v) is 19.3. The molecular formula is C28H22N2O3S. The maximum absolute atomic E-state index is 13.2. The van der Waals surface area contributed by atoms with E-state index in [-0.39, 0.29) is 18.1 Å². The number of esters is 1. The number of thiophene rings is 1. The number of ether oxygens (including phenoxy) is 1. The first-order chi connectivity index (χ1) is 16.6. The Kier molecular flexibility index (Phi) is 6.06. The zero-order valence-electron chi connectivity index (χ0n) is 18.5. The largest absolute Gasteiger partial charge is 0.457 e. The standard InChI is InChI=1S/C28H22N2O3S/c1-18-22-26(31)29-25(23(20-13-7-3-8-14-20)21-15-9-4-10-16-21)30-27(22)34-24(18)28(32)33-17-19-11-5-2-6-12-19/h2-16,23H,17H2,1H3,(H,29,30,31). The molecule has 168 valence electrons. The number of aromatic amines is 1. The summed E-state index contributed by atoms with van der Waals surface area (Å²) in [6.45, 7) is 1.94. The van der Waals surface area contributed by atoms with Crippen LogP contribution in [0.5, 0.6) is 0 Å². The Morgan fingerprint density at radius 2 is 1.47 bits per heavy atom. The lowest BCUT2D eigenvalue weighted by molar-refractivity contribution is 0.0478. The molecule has 5 aromatic rings. The van der Waals surface area contributed by atoms with Gasteiger partial charge in [-0.2, -0.15) is 0 Å². The average Bonchev–Trinajstić information content (AvgIpc) is 3.21. The van der Waals surface area contributed by atoms with E-state index in [4.69, 9.17) is 9.72 Å². The number of hydrogen-bond donors (Lipinski definition) is 1. The second kappa shape index (κ2) is 9.45. The fourth-order valence-corrected chi connectivity index (χ4v) is 5.16. The summed E-state index contributed by atoms with van der Waals surface area (Å²) in [5.41, 5.74) is 3.28. The number of H-pyrrole nitrogens is 1. The highest BCUT2D eigenvalue weighted by atomic mass is 32.1. The van der Waals surface area contributed by atoms with Crippen molar-refractivity contribution < 1.29 is 9.53 Å². The van der Waals surface area contributed by atoms with Gasteiger partial charge < -0.3 is 9.72 Å². The lowest BCUT2D eigenvalue weighted by Gasteiger charge is -2.17. The number of aromatic nitrogens is 2.